The van der Waals surface area contributed by atoms with Gasteiger partial charge in [0, 0.05) is 11.8 Å². The lowest BCUT2D eigenvalue weighted by Gasteiger charge is -2.45. The van der Waals surface area contributed by atoms with Crippen LogP contribution in [-0.4, -0.2) is 10.1 Å². The molecule has 1 N–H and O–H groups in total. The first-order valence-corrected chi connectivity index (χ1v) is 6.17. The zero-order valence-electron chi connectivity index (χ0n) is 10.7. The third-order valence-corrected chi connectivity index (χ3v) is 4.10. The molecule has 1 aromatic rings. The van der Waals surface area contributed by atoms with E-state index < -0.39 is 11.4 Å². The van der Waals surface area contributed by atoms with Crippen molar-refractivity contribution in [1.82, 2.24) is 4.98 Å². The van der Waals surface area contributed by atoms with Crippen LogP contribution < -0.4 is 0 Å². The number of aliphatic hydroxyl groups is 1. The minimum atomic E-state index is -1.04. The Bertz CT molecular complexity index is 418. The third-order valence-electron chi connectivity index (χ3n) is 4.10. The highest BCUT2D eigenvalue weighted by Gasteiger charge is 2.44. The van der Waals surface area contributed by atoms with E-state index in [1.165, 1.54) is 6.20 Å². The summed E-state index contributed by atoms with van der Waals surface area (Å²) in [5.74, 6) is -0.343. The van der Waals surface area contributed by atoms with Crippen LogP contribution in [0.25, 0.3) is 0 Å². The molecule has 94 valence electrons. The second-order valence-electron chi connectivity index (χ2n) is 6.05. The quantitative estimate of drug-likeness (QED) is 0.813. The Morgan fingerprint density at radius 3 is 2.71 bits per heavy atom. The van der Waals surface area contributed by atoms with Crippen LogP contribution >= 0.6 is 0 Å². The third kappa shape index (κ3) is 2.21. The van der Waals surface area contributed by atoms with E-state index in [1.807, 2.05) is 6.92 Å². The largest absolute Gasteiger partial charge is 0.385 e. The van der Waals surface area contributed by atoms with E-state index in [0.717, 1.165) is 12.8 Å². The maximum Gasteiger partial charge on any atom is 0.147 e. The van der Waals surface area contributed by atoms with Gasteiger partial charge in [-0.3, -0.25) is 4.98 Å². The lowest BCUT2D eigenvalue weighted by molar-refractivity contribution is -0.0792. The molecule has 1 aliphatic rings. The number of aromatic nitrogens is 1. The molecule has 1 aliphatic carbocycles. The molecule has 1 heterocycles. The molecule has 0 radical (unpaired) electrons. The minimum Gasteiger partial charge on any atom is -0.385 e. The van der Waals surface area contributed by atoms with Crippen molar-refractivity contribution >= 4 is 0 Å². The molecule has 0 saturated heterocycles. The Hall–Kier alpha value is -0.960. The van der Waals surface area contributed by atoms with Crippen LogP contribution in [0.4, 0.5) is 4.39 Å². The summed E-state index contributed by atoms with van der Waals surface area (Å²) in [4.78, 5) is 3.74. The molecular weight excluding hydrogens is 217 g/mol. The number of hydrogen-bond donors (Lipinski definition) is 1. The molecule has 2 nitrogen and oxygen atoms in total. The first-order chi connectivity index (χ1) is 7.85. The van der Waals surface area contributed by atoms with Gasteiger partial charge in [-0.2, -0.15) is 0 Å². The Balaban J connectivity index is 2.35. The van der Waals surface area contributed by atoms with Crippen molar-refractivity contribution in [3.63, 3.8) is 0 Å². The number of pyridine rings is 1. The molecule has 0 bridgehead atoms. The fourth-order valence-corrected chi connectivity index (χ4v) is 3.00. The van der Waals surface area contributed by atoms with Gasteiger partial charge in [-0.15, -0.1) is 0 Å². The van der Waals surface area contributed by atoms with Crippen LogP contribution in [0.3, 0.4) is 0 Å². The van der Waals surface area contributed by atoms with E-state index >= 15 is 0 Å². The lowest BCUT2D eigenvalue weighted by atomic mass is 9.63. The van der Waals surface area contributed by atoms with Crippen LogP contribution in [0.5, 0.6) is 0 Å². The van der Waals surface area contributed by atoms with Gasteiger partial charge in [0.15, 0.2) is 0 Å². The van der Waals surface area contributed by atoms with E-state index in [9.17, 15) is 9.50 Å². The number of halogens is 1. The van der Waals surface area contributed by atoms with Crippen LogP contribution in [0, 0.1) is 17.2 Å². The topological polar surface area (TPSA) is 33.1 Å². The Labute approximate surface area is 102 Å². The summed E-state index contributed by atoms with van der Waals surface area (Å²) in [6.07, 6.45) is 5.16. The van der Waals surface area contributed by atoms with Gasteiger partial charge in [0.25, 0.3) is 0 Å². The summed E-state index contributed by atoms with van der Waals surface area (Å²) >= 11 is 0. The molecular formula is C14H20FNO. The second-order valence-corrected chi connectivity index (χ2v) is 6.05. The maximum atomic E-state index is 13.8. The molecule has 2 unspecified atom stereocenters. The highest BCUT2D eigenvalue weighted by atomic mass is 19.1. The highest BCUT2D eigenvalue weighted by Crippen LogP contribution is 2.48. The summed E-state index contributed by atoms with van der Waals surface area (Å²) < 4.78 is 13.8. The van der Waals surface area contributed by atoms with Crippen molar-refractivity contribution in [1.29, 1.82) is 0 Å². The van der Waals surface area contributed by atoms with Gasteiger partial charge in [0.1, 0.15) is 5.82 Å². The van der Waals surface area contributed by atoms with E-state index in [1.54, 1.807) is 12.3 Å². The summed E-state index contributed by atoms with van der Waals surface area (Å²) in [5.41, 5.74) is -0.409. The van der Waals surface area contributed by atoms with Crippen LogP contribution in [0.1, 0.15) is 45.6 Å². The predicted octanol–water partition coefficient (Wildman–Crippen LogP) is 3.25. The lowest BCUT2D eigenvalue weighted by Crippen LogP contribution is -2.42. The standard InChI is InChI=1S/C14H20FNO/c1-10-8-13(2,3)5-6-14(10,17)11-4-7-16-9-12(11)15/h4,7,9-10,17H,5-6,8H2,1-3H3. The molecule has 1 aromatic heterocycles. The molecule has 1 fully saturated rings. The summed E-state index contributed by atoms with van der Waals surface area (Å²) in [5, 5.41) is 10.8. The normalized spacial score (nSPS) is 32.4. The first kappa shape index (κ1) is 12.5. The van der Waals surface area contributed by atoms with E-state index in [2.05, 4.69) is 18.8 Å². The van der Waals surface area contributed by atoms with E-state index in [-0.39, 0.29) is 11.3 Å². The van der Waals surface area contributed by atoms with Crippen molar-refractivity contribution in [2.75, 3.05) is 0 Å². The summed E-state index contributed by atoms with van der Waals surface area (Å²) in [6.45, 7) is 6.40. The van der Waals surface area contributed by atoms with Gasteiger partial charge in [0.05, 0.1) is 11.8 Å². The van der Waals surface area contributed by atoms with Gasteiger partial charge < -0.3 is 5.11 Å². The van der Waals surface area contributed by atoms with E-state index in [4.69, 9.17) is 0 Å². The number of nitrogens with zero attached hydrogens (tertiary/aromatic N) is 1. The molecule has 3 heteroatoms. The molecule has 1 saturated carbocycles. The molecule has 0 spiro atoms. The van der Waals surface area contributed by atoms with Gasteiger partial charge in [-0.05, 0) is 36.7 Å². The molecule has 2 atom stereocenters. The monoisotopic (exact) mass is 237 g/mol. The SMILES string of the molecule is CC1CC(C)(C)CCC1(O)c1ccncc1F. The van der Waals surface area contributed by atoms with Crippen LogP contribution in [-0.2, 0) is 5.60 Å². The molecule has 0 amide bonds. The van der Waals surface area contributed by atoms with Crippen LogP contribution in [0.2, 0.25) is 0 Å². The maximum absolute atomic E-state index is 13.8. The zero-order chi connectivity index (χ0) is 12.7. The minimum absolute atomic E-state index is 0.0585. The second kappa shape index (κ2) is 4.05. The molecule has 2 rings (SSSR count). The Morgan fingerprint density at radius 1 is 1.41 bits per heavy atom. The van der Waals surface area contributed by atoms with E-state index in [0.29, 0.717) is 12.0 Å². The molecule has 0 aliphatic heterocycles. The summed E-state index contributed by atoms with van der Waals surface area (Å²) in [6, 6.07) is 1.60. The molecule has 17 heavy (non-hydrogen) atoms. The first-order valence-electron chi connectivity index (χ1n) is 6.17. The van der Waals surface area contributed by atoms with Gasteiger partial charge in [-0.25, -0.2) is 4.39 Å². The predicted molar refractivity (Wildman–Crippen MR) is 64.9 cm³/mol. The van der Waals surface area contributed by atoms with Gasteiger partial charge >= 0.3 is 0 Å². The fraction of sp³-hybridized carbons (Fsp3) is 0.643. The zero-order valence-corrected chi connectivity index (χ0v) is 10.7. The van der Waals surface area contributed by atoms with Crippen molar-refractivity contribution in [2.45, 2.75) is 45.6 Å². The van der Waals surface area contributed by atoms with Crippen molar-refractivity contribution < 1.29 is 9.50 Å². The fourth-order valence-electron chi connectivity index (χ4n) is 3.00. The van der Waals surface area contributed by atoms with Crippen LogP contribution in [0.15, 0.2) is 18.5 Å². The number of hydrogen-bond acceptors (Lipinski definition) is 2. The average molecular weight is 237 g/mol. The Morgan fingerprint density at radius 2 is 2.12 bits per heavy atom. The molecule has 0 aromatic carbocycles. The number of rotatable bonds is 1. The van der Waals surface area contributed by atoms with Gasteiger partial charge in [-0.1, -0.05) is 20.8 Å². The van der Waals surface area contributed by atoms with Gasteiger partial charge in [0.2, 0.25) is 0 Å². The Kier molecular flexibility index (Phi) is 2.98. The summed E-state index contributed by atoms with van der Waals surface area (Å²) in [7, 11) is 0. The average Bonchev–Trinajstić information content (AvgIpc) is 2.24. The van der Waals surface area contributed by atoms with Crippen molar-refractivity contribution in [3.05, 3.63) is 29.8 Å². The van der Waals surface area contributed by atoms with Crippen molar-refractivity contribution in [2.24, 2.45) is 11.3 Å². The van der Waals surface area contributed by atoms with Crippen molar-refractivity contribution in [3.8, 4) is 0 Å². The highest BCUT2D eigenvalue weighted by molar-refractivity contribution is 5.23. The smallest absolute Gasteiger partial charge is 0.147 e.